The predicted molar refractivity (Wildman–Crippen MR) is 50.8 cm³/mol. The molecule has 0 aromatic carbocycles. The molecule has 0 bridgehead atoms. The van der Waals surface area contributed by atoms with Crippen LogP contribution in [0.4, 0.5) is 0 Å². The summed E-state index contributed by atoms with van der Waals surface area (Å²) in [4.78, 5) is 13.0. The van der Waals surface area contributed by atoms with Crippen LogP contribution in [0, 0.1) is 0 Å². The second-order valence-electron chi connectivity index (χ2n) is 3.33. The van der Waals surface area contributed by atoms with E-state index in [-0.39, 0.29) is 11.9 Å². The maximum absolute atomic E-state index is 11.2. The van der Waals surface area contributed by atoms with Gasteiger partial charge in [-0.1, -0.05) is 6.92 Å². The average Bonchev–Trinajstić information content (AvgIpc) is 2.00. The third kappa shape index (κ3) is 5.13. The molecule has 2 N–H and O–H groups in total. The number of hydrogen-bond acceptors (Lipinski definition) is 2. The van der Waals surface area contributed by atoms with E-state index in [4.69, 9.17) is 5.73 Å². The van der Waals surface area contributed by atoms with Gasteiger partial charge in [-0.25, -0.2) is 0 Å². The molecule has 0 saturated carbocycles. The van der Waals surface area contributed by atoms with Gasteiger partial charge < -0.3 is 10.6 Å². The Balaban J connectivity index is 3.56. The van der Waals surface area contributed by atoms with Gasteiger partial charge in [0, 0.05) is 26.1 Å². The molecule has 0 spiro atoms. The summed E-state index contributed by atoms with van der Waals surface area (Å²) in [5.41, 5.74) is 5.58. The van der Waals surface area contributed by atoms with E-state index in [9.17, 15) is 4.79 Å². The van der Waals surface area contributed by atoms with Gasteiger partial charge in [0.25, 0.3) is 0 Å². The van der Waals surface area contributed by atoms with Gasteiger partial charge in [0.2, 0.25) is 5.91 Å². The van der Waals surface area contributed by atoms with Gasteiger partial charge >= 0.3 is 0 Å². The zero-order chi connectivity index (χ0) is 9.56. The first kappa shape index (κ1) is 11.4. The van der Waals surface area contributed by atoms with Gasteiger partial charge in [-0.15, -0.1) is 0 Å². The minimum Gasteiger partial charge on any atom is -0.346 e. The molecule has 0 aliphatic rings. The molecule has 1 amide bonds. The Morgan fingerprint density at radius 1 is 1.58 bits per heavy atom. The van der Waals surface area contributed by atoms with E-state index in [1.165, 1.54) is 0 Å². The Bertz CT molecular complexity index is 134. The largest absolute Gasteiger partial charge is 0.346 e. The molecule has 3 nitrogen and oxygen atoms in total. The van der Waals surface area contributed by atoms with E-state index in [0.29, 0.717) is 6.42 Å². The van der Waals surface area contributed by atoms with Crippen molar-refractivity contribution in [3.05, 3.63) is 0 Å². The fraction of sp³-hybridized carbons (Fsp3) is 0.889. The molecule has 0 saturated heterocycles. The van der Waals surface area contributed by atoms with Gasteiger partial charge in [-0.3, -0.25) is 4.79 Å². The van der Waals surface area contributed by atoms with Crippen LogP contribution in [-0.4, -0.2) is 30.4 Å². The zero-order valence-electron chi connectivity index (χ0n) is 8.34. The Labute approximate surface area is 74.9 Å². The fourth-order valence-corrected chi connectivity index (χ4v) is 0.927. The van der Waals surface area contributed by atoms with Gasteiger partial charge in [0.15, 0.2) is 0 Å². The maximum Gasteiger partial charge on any atom is 0.222 e. The number of amides is 1. The van der Waals surface area contributed by atoms with Crippen LogP contribution in [0.15, 0.2) is 0 Å². The minimum atomic E-state index is 0.182. The van der Waals surface area contributed by atoms with E-state index in [1.807, 2.05) is 20.9 Å². The molecular formula is C9H20N2O. The molecule has 0 aromatic rings. The van der Waals surface area contributed by atoms with Crippen molar-refractivity contribution in [1.82, 2.24) is 4.90 Å². The lowest BCUT2D eigenvalue weighted by Gasteiger charge is -2.17. The summed E-state index contributed by atoms with van der Waals surface area (Å²) in [6, 6.07) is 0.182. The zero-order valence-corrected chi connectivity index (χ0v) is 8.34. The van der Waals surface area contributed by atoms with E-state index in [0.717, 1.165) is 19.4 Å². The van der Waals surface area contributed by atoms with Crippen LogP contribution >= 0.6 is 0 Å². The number of carbonyl (C=O) groups excluding carboxylic acids is 1. The Morgan fingerprint density at radius 3 is 2.58 bits per heavy atom. The van der Waals surface area contributed by atoms with Crippen LogP contribution in [0.25, 0.3) is 0 Å². The molecule has 0 heterocycles. The molecular weight excluding hydrogens is 152 g/mol. The van der Waals surface area contributed by atoms with Crippen molar-refractivity contribution in [2.45, 2.75) is 39.2 Å². The number of hydrogen-bond donors (Lipinski definition) is 1. The van der Waals surface area contributed by atoms with Crippen LogP contribution in [0.1, 0.15) is 33.1 Å². The third-order valence-corrected chi connectivity index (χ3v) is 1.81. The molecule has 1 atom stereocenters. The standard InChI is InChI=1S/C9H20N2O/c1-4-5-9(12)11(3)7-6-8(2)10/h8H,4-7,10H2,1-3H3. The van der Waals surface area contributed by atoms with E-state index >= 15 is 0 Å². The Hall–Kier alpha value is -0.570. The monoisotopic (exact) mass is 172 g/mol. The van der Waals surface area contributed by atoms with Gasteiger partial charge in [-0.05, 0) is 19.8 Å². The van der Waals surface area contributed by atoms with Crippen molar-refractivity contribution in [3.63, 3.8) is 0 Å². The first-order chi connectivity index (χ1) is 5.57. The lowest BCUT2D eigenvalue weighted by atomic mass is 10.2. The predicted octanol–water partition coefficient (Wildman–Crippen LogP) is 0.982. The summed E-state index contributed by atoms with van der Waals surface area (Å²) in [7, 11) is 1.83. The molecule has 72 valence electrons. The van der Waals surface area contributed by atoms with Crippen molar-refractivity contribution in [1.29, 1.82) is 0 Å². The van der Waals surface area contributed by atoms with Crippen LogP contribution in [0.3, 0.4) is 0 Å². The van der Waals surface area contributed by atoms with Crippen molar-refractivity contribution >= 4 is 5.91 Å². The van der Waals surface area contributed by atoms with Crippen molar-refractivity contribution < 1.29 is 4.79 Å². The van der Waals surface area contributed by atoms with Crippen LogP contribution in [0.5, 0.6) is 0 Å². The molecule has 0 aliphatic carbocycles. The number of rotatable bonds is 5. The van der Waals surface area contributed by atoms with Crippen LogP contribution in [-0.2, 0) is 4.79 Å². The summed E-state index contributed by atoms with van der Waals surface area (Å²) in [6.07, 6.45) is 2.45. The highest BCUT2D eigenvalue weighted by atomic mass is 16.2. The highest BCUT2D eigenvalue weighted by Gasteiger charge is 2.06. The topological polar surface area (TPSA) is 46.3 Å². The molecule has 0 radical (unpaired) electrons. The van der Waals surface area contributed by atoms with Crippen molar-refractivity contribution in [3.8, 4) is 0 Å². The van der Waals surface area contributed by atoms with Crippen LogP contribution < -0.4 is 5.73 Å². The molecule has 0 aliphatic heterocycles. The summed E-state index contributed by atoms with van der Waals surface area (Å²) >= 11 is 0. The molecule has 0 rings (SSSR count). The average molecular weight is 172 g/mol. The fourth-order valence-electron chi connectivity index (χ4n) is 0.927. The second-order valence-corrected chi connectivity index (χ2v) is 3.33. The summed E-state index contributed by atoms with van der Waals surface area (Å²) in [6.45, 7) is 4.74. The number of nitrogens with two attached hydrogens (primary N) is 1. The summed E-state index contributed by atoms with van der Waals surface area (Å²) in [5, 5.41) is 0. The lowest BCUT2D eigenvalue weighted by molar-refractivity contribution is -0.130. The SMILES string of the molecule is CCCC(=O)N(C)CCC(C)N. The quantitative estimate of drug-likeness (QED) is 0.672. The summed E-state index contributed by atoms with van der Waals surface area (Å²) < 4.78 is 0. The Morgan fingerprint density at radius 2 is 2.17 bits per heavy atom. The smallest absolute Gasteiger partial charge is 0.222 e. The normalized spacial score (nSPS) is 12.7. The molecule has 0 aromatic heterocycles. The number of nitrogens with zero attached hydrogens (tertiary/aromatic N) is 1. The number of carbonyl (C=O) groups is 1. The molecule has 3 heteroatoms. The highest BCUT2D eigenvalue weighted by molar-refractivity contribution is 5.75. The Kier molecular flexibility index (Phi) is 5.72. The molecule has 0 fully saturated rings. The maximum atomic E-state index is 11.2. The van der Waals surface area contributed by atoms with E-state index in [1.54, 1.807) is 4.90 Å². The minimum absolute atomic E-state index is 0.182. The van der Waals surface area contributed by atoms with E-state index < -0.39 is 0 Å². The summed E-state index contributed by atoms with van der Waals surface area (Å²) in [5.74, 6) is 0.221. The molecule has 1 unspecified atom stereocenters. The van der Waals surface area contributed by atoms with Gasteiger partial charge in [0.05, 0.1) is 0 Å². The first-order valence-electron chi connectivity index (χ1n) is 4.57. The van der Waals surface area contributed by atoms with Gasteiger partial charge in [0.1, 0.15) is 0 Å². The second kappa shape index (κ2) is 6.00. The van der Waals surface area contributed by atoms with Gasteiger partial charge in [-0.2, -0.15) is 0 Å². The lowest BCUT2D eigenvalue weighted by Crippen LogP contribution is -2.30. The van der Waals surface area contributed by atoms with Crippen molar-refractivity contribution in [2.75, 3.05) is 13.6 Å². The third-order valence-electron chi connectivity index (χ3n) is 1.81. The first-order valence-corrected chi connectivity index (χ1v) is 4.57. The molecule has 12 heavy (non-hydrogen) atoms. The van der Waals surface area contributed by atoms with Crippen LogP contribution in [0.2, 0.25) is 0 Å². The van der Waals surface area contributed by atoms with E-state index in [2.05, 4.69) is 0 Å². The highest BCUT2D eigenvalue weighted by Crippen LogP contribution is 1.97. The van der Waals surface area contributed by atoms with Crippen molar-refractivity contribution in [2.24, 2.45) is 5.73 Å².